The summed E-state index contributed by atoms with van der Waals surface area (Å²) < 4.78 is 5.00. The summed E-state index contributed by atoms with van der Waals surface area (Å²) in [4.78, 5) is 30.6. The topological polar surface area (TPSA) is 101 Å². The molecule has 2 aromatic rings. The quantitative estimate of drug-likeness (QED) is 0.836. The smallest absolute Gasteiger partial charge is 0.408 e. The van der Waals surface area contributed by atoms with Gasteiger partial charge >= 0.3 is 12.1 Å². The van der Waals surface area contributed by atoms with E-state index in [9.17, 15) is 9.59 Å². The number of amides is 1. The summed E-state index contributed by atoms with van der Waals surface area (Å²) in [6.07, 6.45) is 2.10. The number of aromatic nitrogens is 2. The molecular formula is C15H15N3O4. The summed E-state index contributed by atoms with van der Waals surface area (Å²) in [5.41, 5.74) is 1.34. The predicted molar refractivity (Wildman–Crippen MR) is 76.9 cm³/mol. The molecule has 1 heterocycles. The van der Waals surface area contributed by atoms with Gasteiger partial charge in [0.1, 0.15) is 19.0 Å². The fraction of sp³-hybridized carbons (Fsp3) is 0.200. The van der Waals surface area contributed by atoms with E-state index in [-0.39, 0.29) is 13.0 Å². The molecule has 2 N–H and O–H groups in total. The van der Waals surface area contributed by atoms with Crippen molar-refractivity contribution in [1.29, 1.82) is 0 Å². The van der Waals surface area contributed by atoms with E-state index >= 15 is 0 Å². The molecule has 1 aromatic carbocycles. The third kappa shape index (κ3) is 4.86. The van der Waals surface area contributed by atoms with Gasteiger partial charge in [0.2, 0.25) is 0 Å². The van der Waals surface area contributed by atoms with Crippen LogP contribution in [-0.4, -0.2) is 33.2 Å². The molecule has 0 unspecified atom stereocenters. The van der Waals surface area contributed by atoms with Crippen molar-refractivity contribution in [3.8, 4) is 0 Å². The van der Waals surface area contributed by atoms with Gasteiger partial charge in [-0.1, -0.05) is 30.3 Å². The van der Waals surface area contributed by atoms with Crippen molar-refractivity contribution < 1.29 is 19.4 Å². The van der Waals surface area contributed by atoms with Gasteiger partial charge in [-0.05, 0) is 11.6 Å². The van der Waals surface area contributed by atoms with Gasteiger partial charge in [-0.25, -0.2) is 19.6 Å². The summed E-state index contributed by atoms with van der Waals surface area (Å²) >= 11 is 0. The third-order valence-corrected chi connectivity index (χ3v) is 2.86. The van der Waals surface area contributed by atoms with Gasteiger partial charge in [0.25, 0.3) is 0 Å². The molecule has 0 bridgehead atoms. The van der Waals surface area contributed by atoms with Crippen molar-refractivity contribution in [3.05, 3.63) is 60.2 Å². The zero-order chi connectivity index (χ0) is 15.8. The van der Waals surface area contributed by atoms with Gasteiger partial charge in [-0.15, -0.1) is 0 Å². The molecule has 0 saturated heterocycles. The highest BCUT2D eigenvalue weighted by Crippen LogP contribution is 2.02. The van der Waals surface area contributed by atoms with Gasteiger partial charge in [0.05, 0.1) is 0 Å². The lowest BCUT2D eigenvalue weighted by atomic mass is 10.1. The van der Waals surface area contributed by atoms with E-state index in [1.54, 1.807) is 6.07 Å². The van der Waals surface area contributed by atoms with Crippen LogP contribution in [0.1, 0.15) is 11.3 Å². The SMILES string of the molecule is O=C(N[C@@H](Cc1ccncn1)C(=O)O)OCc1ccccc1. The van der Waals surface area contributed by atoms with Crippen LogP contribution in [0.5, 0.6) is 0 Å². The summed E-state index contributed by atoms with van der Waals surface area (Å²) in [6, 6.07) is 9.60. The Labute approximate surface area is 127 Å². The monoisotopic (exact) mass is 301 g/mol. The lowest BCUT2D eigenvalue weighted by Gasteiger charge is -2.14. The van der Waals surface area contributed by atoms with Crippen LogP contribution in [0.3, 0.4) is 0 Å². The van der Waals surface area contributed by atoms with Gasteiger partial charge in [-0.3, -0.25) is 0 Å². The lowest BCUT2D eigenvalue weighted by Crippen LogP contribution is -2.42. The number of alkyl carbamates (subject to hydrolysis) is 1. The fourth-order valence-electron chi connectivity index (χ4n) is 1.76. The van der Waals surface area contributed by atoms with Crippen LogP contribution >= 0.6 is 0 Å². The van der Waals surface area contributed by atoms with E-state index in [2.05, 4.69) is 15.3 Å². The first-order valence-corrected chi connectivity index (χ1v) is 6.60. The third-order valence-electron chi connectivity index (χ3n) is 2.86. The summed E-state index contributed by atoms with van der Waals surface area (Å²) in [7, 11) is 0. The molecule has 2 rings (SSSR count). The van der Waals surface area contributed by atoms with E-state index in [0.717, 1.165) is 5.56 Å². The van der Waals surface area contributed by atoms with Gasteiger partial charge in [-0.2, -0.15) is 0 Å². The first kappa shape index (κ1) is 15.4. The van der Waals surface area contributed by atoms with E-state index in [1.165, 1.54) is 12.5 Å². The molecule has 0 spiro atoms. The highest BCUT2D eigenvalue weighted by molar-refractivity contribution is 5.80. The Morgan fingerprint density at radius 3 is 2.64 bits per heavy atom. The summed E-state index contributed by atoms with van der Waals surface area (Å²) in [6.45, 7) is 0.0759. The van der Waals surface area contributed by atoms with Gasteiger partial charge in [0.15, 0.2) is 0 Å². The first-order chi connectivity index (χ1) is 10.6. The average Bonchev–Trinajstić information content (AvgIpc) is 2.54. The molecule has 1 aromatic heterocycles. The number of hydrogen-bond acceptors (Lipinski definition) is 5. The maximum absolute atomic E-state index is 11.7. The first-order valence-electron chi connectivity index (χ1n) is 6.60. The Balaban J connectivity index is 1.88. The number of carbonyl (C=O) groups excluding carboxylic acids is 1. The van der Waals surface area contributed by atoms with Crippen molar-refractivity contribution in [2.45, 2.75) is 19.1 Å². The largest absolute Gasteiger partial charge is 0.480 e. The lowest BCUT2D eigenvalue weighted by molar-refractivity contribution is -0.139. The molecular weight excluding hydrogens is 286 g/mol. The maximum Gasteiger partial charge on any atom is 0.408 e. The number of carboxylic acid groups (broad SMARTS) is 1. The summed E-state index contributed by atoms with van der Waals surface area (Å²) in [5.74, 6) is -1.16. The summed E-state index contributed by atoms with van der Waals surface area (Å²) in [5, 5.41) is 11.5. The van der Waals surface area contributed by atoms with Crippen LogP contribution in [0.4, 0.5) is 4.79 Å². The number of carbonyl (C=O) groups is 2. The molecule has 0 radical (unpaired) electrons. The minimum Gasteiger partial charge on any atom is -0.480 e. The minimum absolute atomic E-state index is 0.0539. The molecule has 0 fully saturated rings. The molecule has 0 aliphatic heterocycles. The Bertz CT molecular complexity index is 619. The molecule has 0 aliphatic rings. The van der Waals surface area contributed by atoms with Crippen LogP contribution < -0.4 is 5.32 Å². The van der Waals surface area contributed by atoms with E-state index < -0.39 is 18.1 Å². The van der Waals surface area contributed by atoms with Crippen molar-refractivity contribution >= 4 is 12.1 Å². The van der Waals surface area contributed by atoms with E-state index in [0.29, 0.717) is 5.69 Å². The number of benzene rings is 1. The number of nitrogens with zero attached hydrogens (tertiary/aromatic N) is 2. The highest BCUT2D eigenvalue weighted by atomic mass is 16.5. The van der Waals surface area contributed by atoms with Crippen molar-refractivity contribution in [1.82, 2.24) is 15.3 Å². The van der Waals surface area contributed by atoms with Crippen LogP contribution in [0.2, 0.25) is 0 Å². The number of aliphatic carboxylic acids is 1. The van der Waals surface area contributed by atoms with Gasteiger partial charge in [0, 0.05) is 18.3 Å². The number of nitrogens with one attached hydrogen (secondary N) is 1. The molecule has 1 amide bonds. The maximum atomic E-state index is 11.7. The average molecular weight is 301 g/mol. The van der Waals surface area contributed by atoms with Crippen LogP contribution in [0.15, 0.2) is 48.9 Å². The van der Waals surface area contributed by atoms with Crippen molar-refractivity contribution in [2.75, 3.05) is 0 Å². The molecule has 114 valence electrons. The zero-order valence-electron chi connectivity index (χ0n) is 11.7. The fourth-order valence-corrected chi connectivity index (χ4v) is 1.76. The molecule has 1 atom stereocenters. The Kier molecular flexibility index (Phi) is 5.42. The molecule has 7 nitrogen and oxygen atoms in total. The predicted octanol–water partition coefficient (Wildman–Crippen LogP) is 1.40. The second-order valence-electron chi connectivity index (χ2n) is 4.50. The molecule has 0 aliphatic carbocycles. The number of hydrogen-bond donors (Lipinski definition) is 2. The number of carboxylic acids is 1. The van der Waals surface area contributed by atoms with Crippen LogP contribution in [-0.2, 0) is 22.6 Å². The van der Waals surface area contributed by atoms with Gasteiger partial charge < -0.3 is 15.2 Å². The standard InChI is InChI=1S/C15H15N3O4/c19-14(20)13(8-12-6-7-16-10-17-12)18-15(21)22-9-11-4-2-1-3-5-11/h1-7,10,13H,8-9H2,(H,18,21)(H,19,20)/t13-/m0/s1. The van der Waals surface area contributed by atoms with Crippen molar-refractivity contribution in [3.63, 3.8) is 0 Å². The molecule has 22 heavy (non-hydrogen) atoms. The van der Waals surface area contributed by atoms with E-state index in [1.807, 2.05) is 30.3 Å². The number of rotatable bonds is 6. The Morgan fingerprint density at radius 1 is 1.23 bits per heavy atom. The zero-order valence-corrected chi connectivity index (χ0v) is 11.7. The minimum atomic E-state index is -1.16. The van der Waals surface area contributed by atoms with Crippen molar-refractivity contribution in [2.24, 2.45) is 0 Å². The van der Waals surface area contributed by atoms with Crippen LogP contribution in [0, 0.1) is 0 Å². The molecule has 0 saturated carbocycles. The Hall–Kier alpha value is -2.96. The molecule has 7 heteroatoms. The normalized spacial score (nSPS) is 11.5. The highest BCUT2D eigenvalue weighted by Gasteiger charge is 2.21. The Morgan fingerprint density at radius 2 is 2.00 bits per heavy atom. The number of ether oxygens (including phenoxy) is 1. The second-order valence-corrected chi connectivity index (χ2v) is 4.50. The van der Waals surface area contributed by atoms with Crippen LogP contribution in [0.25, 0.3) is 0 Å². The second kappa shape index (κ2) is 7.72. The van der Waals surface area contributed by atoms with E-state index in [4.69, 9.17) is 9.84 Å².